The molecular formula is C21H21FN6O2. The van der Waals surface area contributed by atoms with Gasteiger partial charge in [0, 0.05) is 12.1 Å². The standard InChI is InChI=1S/C21H21FN6O2/c1-21(2,30)9-10-27-12-25-18(13-3-5-14(22)6-4-13)19(27)15-7-8-17-24-11-16(20(23)29)28(17)26-15/h3-8,11-12,30H,9-10H2,1-2H3,(H2,23,29). The minimum absolute atomic E-state index is 0.165. The molecule has 8 nitrogen and oxygen atoms in total. The van der Waals surface area contributed by atoms with Crippen molar-refractivity contribution in [1.82, 2.24) is 24.1 Å². The van der Waals surface area contributed by atoms with E-state index < -0.39 is 11.5 Å². The number of aromatic nitrogens is 5. The number of aliphatic hydroxyl groups is 1. The first-order valence-corrected chi connectivity index (χ1v) is 9.41. The van der Waals surface area contributed by atoms with E-state index >= 15 is 0 Å². The van der Waals surface area contributed by atoms with Crippen molar-refractivity contribution in [1.29, 1.82) is 0 Å². The molecule has 1 amide bonds. The third kappa shape index (κ3) is 3.79. The van der Waals surface area contributed by atoms with Gasteiger partial charge in [-0.25, -0.2) is 18.9 Å². The van der Waals surface area contributed by atoms with Crippen molar-refractivity contribution in [2.45, 2.75) is 32.4 Å². The van der Waals surface area contributed by atoms with E-state index in [0.29, 0.717) is 35.7 Å². The quantitative estimate of drug-likeness (QED) is 0.509. The molecule has 0 aliphatic carbocycles. The molecule has 0 bridgehead atoms. The van der Waals surface area contributed by atoms with Crippen LogP contribution in [0.1, 0.15) is 30.8 Å². The Labute approximate surface area is 171 Å². The highest BCUT2D eigenvalue weighted by Gasteiger charge is 2.20. The molecule has 0 fully saturated rings. The van der Waals surface area contributed by atoms with E-state index in [1.54, 1.807) is 44.4 Å². The van der Waals surface area contributed by atoms with Gasteiger partial charge in [0.25, 0.3) is 5.91 Å². The maximum absolute atomic E-state index is 13.4. The lowest BCUT2D eigenvalue weighted by Crippen LogP contribution is -2.21. The molecule has 3 heterocycles. The van der Waals surface area contributed by atoms with Gasteiger partial charge < -0.3 is 15.4 Å². The van der Waals surface area contributed by atoms with Crippen LogP contribution in [0.4, 0.5) is 4.39 Å². The molecule has 30 heavy (non-hydrogen) atoms. The van der Waals surface area contributed by atoms with Gasteiger partial charge in [-0.15, -0.1) is 0 Å². The monoisotopic (exact) mass is 408 g/mol. The summed E-state index contributed by atoms with van der Waals surface area (Å²) in [5.74, 6) is -0.979. The summed E-state index contributed by atoms with van der Waals surface area (Å²) in [5.41, 5.74) is 7.76. The Morgan fingerprint density at radius 2 is 1.90 bits per heavy atom. The Bertz CT molecular complexity index is 1220. The van der Waals surface area contributed by atoms with Crippen LogP contribution < -0.4 is 5.73 Å². The van der Waals surface area contributed by atoms with Crippen molar-refractivity contribution >= 4 is 11.6 Å². The van der Waals surface area contributed by atoms with E-state index in [4.69, 9.17) is 5.73 Å². The summed E-state index contributed by atoms with van der Waals surface area (Å²) in [6.07, 6.45) is 3.52. The molecular weight excluding hydrogens is 387 g/mol. The van der Waals surface area contributed by atoms with Crippen molar-refractivity contribution in [3.8, 4) is 22.6 Å². The van der Waals surface area contributed by atoms with E-state index in [0.717, 1.165) is 5.56 Å². The SMILES string of the molecule is CC(C)(O)CCn1cnc(-c2ccc(F)cc2)c1-c1ccc2ncc(C(N)=O)n2n1. The largest absolute Gasteiger partial charge is 0.390 e. The van der Waals surface area contributed by atoms with Crippen LogP contribution in [0, 0.1) is 5.82 Å². The van der Waals surface area contributed by atoms with E-state index in [2.05, 4.69) is 15.1 Å². The highest BCUT2D eigenvalue weighted by atomic mass is 19.1. The van der Waals surface area contributed by atoms with Crippen molar-refractivity contribution in [3.63, 3.8) is 0 Å². The second kappa shape index (κ2) is 7.34. The molecule has 4 aromatic rings. The predicted molar refractivity (Wildman–Crippen MR) is 109 cm³/mol. The highest BCUT2D eigenvalue weighted by Crippen LogP contribution is 2.31. The van der Waals surface area contributed by atoms with Crippen molar-refractivity contribution in [2.75, 3.05) is 0 Å². The van der Waals surface area contributed by atoms with Crippen LogP contribution in [0.2, 0.25) is 0 Å². The van der Waals surface area contributed by atoms with Gasteiger partial charge in [0.15, 0.2) is 5.65 Å². The van der Waals surface area contributed by atoms with Crippen molar-refractivity contribution < 1.29 is 14.3 Å². The summed E-state index contributed by atoms with van der Waals surface area (Å²) in [6, 6.07) is 9.53. The van der Waals surface area contributed by atoms with Gasteiger partial charge in [-0.2, -0.15) is 5.10 Å². The number of benzene rings is 1. The fourth-order valence-corrected chi connectivity index (χ4v) is 3.20. The number of imidazole rings is 2. The fraction of sp³-hybridized carbons (Fsp3) is 0.238. The summed E-state index contributed by atoms with van der Waals surface area (Å²) in [4.78, 5) is 20.4. The fourth-order valence-electron chi connectivity index (χ4n) is 3.20. The third-order valence-electron chi connectivity index (χ3n) is 4.78. The number of carbonyl (C=O) groups is 1. The van der Waals surface area contributed by atoms with Gasteiger partial charge in [-0.05, 0) is 56.7 Å². The van der Waals surface area contributed by atoms with Crippen molar-refractivity contribution in [3.05, 3.63) is 60.4 Å². The molecule has 0 saturated heterocycles. The summed E-state index contributed by atoms with van der Waals surface area (Å²) < 4.78 is 16.7. The first kappa shape index (κ1) is 19.7. The predicted octanol–water partition coefficient (Wildman–Crippen LogP) is 2.66. The maximum atomic E-state index is 13.4. The number of halogens is 1. The number of aryl methyl sites for hydroxylation is 1. The minimum atomic E-state index is -0.863. The summed E-state index contributed by atoms with van der Waals surface area (Å²) >= 11 is 0. The normalized spacial score (nSPS) is 11.9. The van der Waals surface area contributed by atoms with Gasteiger partial charge >= 0.3 is 0 Å². The zero-order chi connectivity index (χ0) is 21.5. The van der Waals surface area contributed by atoms with Crippen LogP contribution in [-0.4, -0.2) is 40.8 Å². The number of hydrogen-bond donors (Lipinski definition) is 2. The first-order valence-electron chi connectivity index (χ1n) is 9.41. The van der Waals surface area contributed by atoms with Gasteiger partial charge in [0.1, 0.15) is 17.2 Å². The smallest absolute Gasteiger partial charge is 0.269 e. The van der Waals surface area contributed by atoms with Crippen molar-refractivity contribution in [2.24, 2.45) is 5.73 Å². The number of nitrogens with two attached hydrogens (primary N) is 1. The zero-order valence-electron chi connectivity index (χ0n) is 16.6. The molecule has 0 aliphatic rings. The number of nitrogens with zero attached hydrogens (tertiary/aromatic N) is 5. The molecule has 9 heteroatoms. The Morgan fingerprint density at radius 1 is 1.17 bits per heavy atom. The lowest BCUT2D eigenvalue weighted by Gasteiger charge is -2.18. The Balaban J connectivity index is 1.88. The molecule has 0 spiro atoms. The molecule has 0 saturated carbocycles. The summed E-state index contributed by atoms with van der Waals surface area (Å²) in [7, 11) is 0. The average Bonchev–Trinajstić information content (AvgIpc) is 3.30. The number of rotatable bonds is 6. The lowest BCUT2D eigenvalue weighted by atomic mass is 10.1. The average molecular weight is 408 g/mol. The molecule has 0 atom stereocenters. The second-order valence-corrected chi connectivity index (χ2v) is 7.70. The molecule has 3 aromatic heterocycles. The summed E-state index contributed by atoms with van der Waals surface area (Å²) in [6.45, 7) is 3.96. The summed E-state index contributed by atoms with van der Waals surface area (Å²) in [5, 5.41) is 14.7. The third-order valence-corrected chi connectivity index (χ3v) is 4.78. The highest BCUT2D eigenvalue weighted by molar-refractivity contribution is 5.91. The van der Waals surface area contributed by atoms with Crippen LogP contribution >= 0.6 is 0 Å². The molecule has 154 valence electrons. The maximum Gasteiger partial charge on any atom is 0.269 e. The lowest BCUT2D eigenvalue weighted by molar-refractivity contribution is 0.0663. The molecule has 4 rings (SSSR count). The Morgan fingerprint density at radius 3 is 2.57 bits per heavy atom. The molecule has 0 radical (unpaired) electrons. The van der Waals surface area contributed by atoms with Crippen LogP contribution in [0.15, 0.2) is 48.9 Å². The van der Waals surface area contributed by atoms with E-state index in [1.807, 2.05) is 4.57 Å². The first-order chi connectivity index (χ1) is 14.2. The van der Waals surface area contributed by atoms with E-state index in [9.17, 15) is 14.3 Å². The number of primary amides is 1. The molecule has 3 N–H and O–H groups in total. The van der Waals surface area contributed by atoms with Crippen LogP contribution in [0.5, 0.6) is 0 Å². The number of hydrogen-bond acceptors (Lipinski definition) is 5. The van der Waals surface area contributed by atoms with Gasteiger partial charge in [-0.1, -0.05) is 0 Å². The second-order valence-electron chi connectivity index (χ2n) is 7.70. The minimum Gasteiger partial charge on any atom is -0.390 e. The number of amides is 1. The number of fused-ring (bicyclic) bond motifs is 1. The van der Waals surface area contributed by atoms with Crippen LogP contribution in [-0.2, 0) is 6.54 Å². The molecule has 1 aromatic carbocycles. The topological polar surface area (TPSA) is 111 Å². The van der Waals surface area contributed by atoms with Gasteiger partial charge in [0.2, 0.25) is 0 Å². The van der Waals surface area contributed by atoms with Crippen LogP contribution in [0.3, 0.4) is 0 Å². The Kier molecular flexibility index (Phi) is 4.83. The van der Waals surface area contributed by atoms with Gasteiger partial charge in [0.05, 0.1) is 29.5 Å². The van der Waals surface area contributed by atoms with E-state index in [1.165, 1.54) is 22.8 Å². The Hall–Kier alpha value is -3.59. The van der Waals surface area contributed by atoms with E-state index in [-0.39, 0.29) is 11.5 Å². The molecule has 0 unspecified atom stereocenters. The molecule has 0 aliphatic heterocycles. The van der Waals surface area contributed by atoms with Crippen LogP contribution in [0.25, 0.3) is 28.3 Å². The van der Waals surface area contributed by atoms with Gasteiger partial charge in [-0.3, -0.25) is 4.79 Å². The zero-order valence-corrected chi connectivity index (χ0v) is 16.6. The number of carbonyl (C=O) groups excluding carboxylic acids is 1.